The molecule has 6 rings (SSSR count). The third-order valence-corrected chi connectivity index (χ3v) is 9.75. The Hall–Kier alpha value is -1.17. The SMILES string of the molecule is CC1=C[C@H]2[C@@H](O)[C@H](C)[C@@H](O)[C@@H]2[C@H]2[C@@H]3[C@H]4C(=O)O[C@H]5C=C[C@](C)(O[C@@H]4[C@@H]5C)[C@@H]3C[C@@H]12. The summed E-state index contributed by atoms with van der Waals surface area (Å²) >= 11 is 0. The Bertz CT molecular complexity index is 818. The summed E-state index contributed by atoms with van der Waals surface area (Å²) in [5.41, 5.74) is 0.894. The highest BCUT2D eigenvalue weighted by molar-refractivity contribution is 5.76. The summed E-state index contributed by atoms with van der Waals surface area (Å²) in [5, 5.41) is 22.0. The first kappa shape index (κ1) is 18.6. The van der Waals surface area contributed by atoms with Gasteiger partial charge in [0.05, 0.1) is 29.8 Å². The highest BCUT2D eigenvalue weighted by atomic mass is 16.6. The van der Waals surface area contributed by atoms with Crippen molar-refractivity contribution >= 4 is 5.97 Å². The molecule has 0 unspecified atom stereocenters. The van der Waals surface area contributed by atoms with Crippen LogP contribution in [-0.4, -0.2) is 46.2 Å². The molecule has 29 heavy (non-hydrogen) atoms. The van der Waals surface area contributed by atoms with Crippen molar-refractivity contribution in [3.05, 3.63) is 23.8 Å². The van der Waals surface area contributed by atoms with Crippen LogP contribution in [0.2, 0.25) is 0 Å². The van der Waals surface area contributed by atoms with Gasteiger partial charge >= 0.3 is 5.97 Å². The molecule has 5 heteroatoms. The van der Waals surface area contributed by atoms with Crippen LogP contribution in [0, 0.1) is 53.3 Å². The average molecular weight is 401 g/mol. The molecule has 3 aliphatic heterocycles. The molecule has 3 bridgehead atoms. The van der Waals surface area contributed by atoms with Crippen molar-refractivity contribution in [2.75, 3.05) is 0 Å². The molecule has 0 aromatic rings. The van der Waals surface area contributed by atoms with Crippen molar-refractivity contribution in [2.24, 2.45) is 53.3 Å². The first-order chi connectivity index (χ1) is 13.7. The van der Waals surface area contributed by atoms with E-state index >= 15 is 0 Å². The molecule has 0 amide bonds. The van der Waals surface area contributed by atoms with Crippen molar-refractivity contribution in [3.8, 4) is 0 Å². The normalized spacial score (nSPS) is 62.1. The van der Waals surface area contributed by atoms with Gasteiger partial charge in [0, 0.05) is 17.8 Å². The van der Waals surface area contributed by atoms with Gasteiger partial charge in [-0.1, -0.05) is 31.6 Å². The highest BCUT2D eigenvalue weighted by Gasteiger charge is 2.68. The van der Waals surface area contributed by atoms with Gasteiger partial charge in [-0.25, -0.2) is 0 Å². The Morgan fingerprint density at radius 2 is 1.86 bits per heavy atom. The molecule has 158 valence electrons. The Labute approximate surface area is 172 Å². The number of aliphatic hydroxyl groups excluding tert-OH is 2. The van der Waals surface area contributed by atoms with E-state index in [1.165, 1.54) is 5.57 Å². The van der Waals surface area contributed by atoms with Crippen LogP contribution in [0.4, 0.5) is 0 Å². The Balaban J connectivity index is 1.51. The van der Waals surface area contributed by atoms with Gasteiger partial charge < -0.3 is 19.7 Å². The van der Waals surface area contributed by atoms with Crippen LogP contribution >= 0.6 is 0 Å². The van der Waals surface area contributed by atoms with E-state index in [4.69, 9.17) is 9.47 Å². The molecule has 0 spiro atoms. The van der Waals surface area contributed by atoms with Crippen LogP contribution < -0.4 is 0 Å². The zero-order valence-corrected chi connectivity index (χ0v) is 17.6. The van der Waals surface area contributed by atoms with E-state index in [0.29, 0.717) is 5.92 Å². The summed E-state index contributed by atoms with van der Waals surface area (Å²) in [6.07, 6.45) is 5.96. The molecular weight excluding hydrogens is 368 g/mol. The second-order valence-electron chi connectivity index (χ2n) is 10.9. The maximum Gasteiger partial charge on any atom is 0.312 e. The molecule has 0 aromatic carbocycles. The van der Waals surface area contributed by atoms with E-state index in [-0.39, 0.29) is 65.5 Å². The van der Waals surface area contributed by atoms with Crippen molar-refractivity contribution in [1.29, 1.82) is 0 Å². The Morgan fingerprint density at radius 1 is 1.10 bits per heavy atom. The zero-order chi connectivity index (χ0) is 20.4. The standard InChI is InChI=1S/C24H32O5/c1-9-7-13-17(21(26)11(3)20(13)25)16-12(9)8-14-18(16)19-22-10(2)15(28-23(19)27)5-6-24(14,4)29-22/h5-7,10-22,25-26H,8H2,1-4H3/t10-,11+,12+,13-,14-,15+,16+,17+,18-,19-,20+,21-,22-,24+/m1/s1. The van der Waals surface area contributed by atoms with Crippen LogP contribution in [-0.2, 0) is 14.3 Å². The lowest BCUT2D eigenvalue weighted by atomic mass is 9.60. The molecule has 2 saturated carbocycles. The molecule has 6 aliphatic rings. The highest BCUT2D eigenvalue weighted by Crippen LogP contribution is 2.66. The Kier molecular flexibility index (Phi) is 3.68. The number of aliphatic hydroxyl groups is 2. The van der Waals surface area contributed by atoms with Gasteiger partial charge in [0.15, 0.2) is 0 Å². The smallest absolute Gasteiger partial charge is 0.312 e. The fourth-order valence-corrected chi connectivity index (χ4v) is 8.29. The molecule has 2 N–H and O–H groups in total. The van der Waals surface area contributed by atoms with Crippen LogP contribution in [0.1, 0.15) is 34.1 Å². The van der Waals surface area contributed by atoms with Gasteiger partial charge in [0.1, 0.15) is 6.10 Å². The number of esters is 1. The zero-order valence-electron chi connectivity index (χ0n) is 17.6. The minimum absolute atomic E-state index is 0.00253. The predicted molar refractivity (Wildman–Crippen MR) is 105 cm³/mol. The predicted octanol–water partition coefficient (Wildman–Crippen LogP) is 2.32. The van der Waals surface area contributed by atoms with E-state index < -0.39 is 17.8 Å². The molecule has 14 atom stereocenters. The number of fused-ring (bicyclic) bond motifs is 9. The van der Waals surface area contributed by atoms with E-state index in [1.807, 2.05) is 13.0 Å². The number of hydrogen-bond acceptors (Lipinski definition) is 5. The quantitative estimate of drug-likeness (QED) is 0.482. The number of rotatable bonds is 0. The lowest BCUT2D eigenvalue weighted by molar-refractivity contribution is -0.232. The van der Waals surface area contributed by atoms with Crippen molar-refractivity contribution in [2.45, 2.75) is 64.1 Å². The number of ether oxygens (including phenoxy) is 2. The number of carbonyl (C=O) groups is 1. The van der Waals surface area contributed by atoms with Crippen molar-refractivity contribution < 1.29 is 24.5 Å². The summed E-state index contributed by atoms with van der Waals surface area (Å²) in [4.78, 5) is 13.2. The second kappa shape index (κ2) is 5.74. The first-order valence-corrected chi connectivity index (χ1v) is 11.3. The molecule has 4 fully saturated rings. The third-order valence-electron chi connectivity index (χ3n) is 9.75. The molecule has 2 saturated heterocycles. The fraction of sp³-hybridized carbons (Fsp3) is 0.792. The topological polar surface area (TPSA) is 76.0 Å². The van der Waals surface area contributed by atoms with Crippen LogP contribution in [0.15, 0.2) is 23.8 Å². The van der Waals surface area contributed by atoms with Gasteiger partial charge in [0.2, 0.25) is 0 Å². The fourth-order valence-electron chi connectivity index (χ4n) is 8.29. The maximum atomic E-state index is 13.2. The van der Waals surface area contributed by atoms with Crippen molar-refractivity contribution in [3.63, 3.8) is 0 Å². The van der Waals surface area contributed by atoms with E-state index in [0.717, 1.165) is 6.42 Å². The number of hydrogen-bond donors (Lipinski definition) is 2. The van der Waals surface area contributed by atoms with Gasteiger partial charge in [-0.05, 0) is 55.9 Å². The summed E-state index contributed by atoms with van der Waals surface area (Å²) in [5.74, 6) is 0.385. The molecular formula is C24H32O5. The summed E-state index contributed by atoms with van der Waals surface area (Å²) in [6.45, 7) is 8.42. The van der Waals surface area contributed by atoms with E-state index in [2.05, 4.69) is 32.9 Å². The van der Waals surface area contributed by atoms with Crippen LogP contribution in [0.3, 0.4) is 0 Å². The Morgan fingerprint density at radius 3 is 2.62 bits per heavy atom. The van der Waals surface area contributed by atoms with Gasteiger partial charge in [-0.3, -0.25) is 4.79 Å². The minimum atomic E-state index is -0.538. The molecule has 3 aliphatic carbocycles. The third kappa shape index (κ3) is 2.14. The largest absolute Gasteiger partial charge is 0.457 e. The van der Waals surface area contributed by atoms with Gasteiger partial charge in [0.25, 0.3) is 0 Å². The molecule has 5 nitrogen and oxygen atoms in total. The summed E-state index contributed by atoms with van der Waals surface area (Å²) in [6, 6.07) is 0. The second-order valence-corrected chi connectivity index (χ2v) is 10.9. The average Bonchev–Trinajstić information content (AvgIpc) is 3.16. The van der Waals surface area contributed by atoms with E-state index in [1.54, 1.807) is 0 Å². The number of allylic oxidation sites excluding steroid dienone is 1. The molecule has 0 radical (unpaired) electrons. The molecule has 3 heterocycles. The van der Waals surface area contributed by atoms with Crippen LogP contribution in [0.25, 0.3) is 0 Å². The van der Waals surface area contributed by atoms with E-state index in [9.17, 15) is 15.0 Å². The maximum absolute atomic E-state index is 13.2. The minimum Gasteiger partial charge on any atom is -0.457 e. The monoisotopic (exact) mass is 400 g/mol. The molecule has 0 aromatic heterocycles. The summed E-state index contributed by atoms with van der Waals surface area (Å²) in [7, 11) is 0. The van der Waals surface area contributed by atoms with Gasteiger partial charge in [-0.2, -0.15) is 0 Å². The lowest BCUT2D eigenvalue weighted by Gasteiger charge is -2.53. The number of carbonyl (C=O) groups excluding carboxylic acids is 1. The van der Waals surface area contributed by atoms with Crippen LogP contribution in [0.5, 0.6) is 0 Å². The van der Waals surface area contributed by atoms with Gasteiger partial charge in [-0.15, -0.1) is 0 Å². The lowest BCUT2D eigenvalue weighted by Crippen LogP contribution is -2.61. The summed E-state index contributed by atoms with van der Waals surface area (Å²) < 4.78 is 12.6. The van der Waals surface area contributed by atoms with Crippen molar-refractivity contribution in [1.82, 2.24) is 0 Å². The first-order valence-electron chi connectivity index (χ1n) is 11.3.